The highest BCUT2D eigenvalue weighted by atomic mass is 35.5. The Morgan fingerprint density at radius 2 is 2.00 bits per heavy atom. The highest BCUT2D eigenvalue weighted by molar-refractivity contribution is 6.30. The van der Waals surface area contributed by atoms with E-state index in [1.165, 1.54) is 6.42 Å². The fraction of sp³-hybridized carbons (Fsp3) is 0.400. The number of carbonyl (C=O) groups is 1. The maximum absolute atomic E-state index is 12.9. The van der Waals surface area contributed by atoms with Gasteiger partial charge in [0, 0.05) is 42.2 Å². The Morgan fingerprint density at radius 3 is 2.69 bits per heavy atom. The van der Waals surface area contributed by atoms with E-state index in [1.54, 1.807) is 24.5 Å². The number of hydrogen-bond acceptors (Lipinski definition) is 3. The van der Waals surface area contributed by atoms with E-state index in [9.17, 15) is 4.79 Å². The van der Waals surface area contributed by atoms with Crippen LogP contribution in [-0.2, 0) is 6.54 Å². The number of halogens is 1. The van der Waals surface area contributed by atoms with E-state index in [0.717, 1.165) is 37.3 Å². The minimum atomic E-state index is -0.0907. The standard InChI is InChI=1S/C20H25ClN4O/c1-2-24-13-3-4-19(24)15-25(14-16-9-11-22-12-10-16)20(26)23-18-7-5-17(21)6-8-18/h5-12,19H,2-4,13-15H2,1H3,(H,23,26). The summed E-state index contributed by atoms with van der Waals surface area (Å²) in [6.07, 6.45) is 5.85. The van der Waals surface area contributed by atoms with Gasteiger partial charge in [-0.1, -0.05) is 18.5 Å². The minimum absolute atomic E-state index is 0.0907. The summed E-state index contributed by atoms with van der Waals surface area (Å²) in [6, 6.07) is 11.4. The van der Waals surface area contributed by atoms with Gasteiger partial charge in [-0.05, 0) is 67.9 Å². The van der Waals surface area contributed by atoms with E-state index >= 15 is 0 Å². The van der Waals surface area contributed by atoms with E-state index in [-0.39, 0.29) is 6.03 Å². The van der Waals surface area contributed by atoms with Gasteiger partial charge in [-0.15, -0.1) is 0 Å². The van der Waals surface area contributed by atoms with E-state index < -0.39 is 0 Å². The van der Waals surface area contributed by atoms with Crippen molar-refractivity contribution in [1.82, 2.24) is 14.8 Å². The molecule has 1 aliphatic heterocycles. The first kappa shape index (κ1) is 18.7. The zero-order chi connectivity index (χ0) is 18.4. The second-order valence-electron chi connectivity index (χ2n) is 6.60. The van der Waals surface area contributed by atoms with Gasteiger partial charge in [0.2, 0.25) is 0 Å². The van der Waals surface area contributed by atoms with Crippen molar-refractivity contribution in [1.29, 1.82) is 0 Å². The number of anilines is 1. The van der Waals surface area contributed by atoms with Crippen molar-refractivity contribution >= 4 is 23.3 Å². The summed E-state index contributed by atoms with van der Waals surface area (Å²) < 4.78 is 0. The van der Waals surface area contributed by atoms with Gasteiger partial charge in [0.1, 0.15) is 0 Å². The summed E-state index contributed by atoms with van der Waals surface area (Å²) in [6.45, 7) is 5.60. The lowest BCUT2D eigenvalue weighted by molar-refractivity contribution is 0.175. The first-order valence-electron chi connectivity index (χ1n) is 9.10. The number of nitrogens with one attached hydrogen (secondary N) is 1. The molecule has 1 aromatic heterocycles. The molecule has 138 valence electrons. The second kappa shape index (κ2) is 9.01. The van der Waals surface area contributed by atoms with Crippen LogP contribution in [0, 0.1) is 0 Å². The molecule has 1 aliphatic rings. The summed E-state index contributed by atoms with van der Waals surface area (Å²) in [5, 5.41) is 3.64. The monoisotopic (exact) mass is 372 g/mol. The molecular formula is C20H25ClN4O. The van der Waals surface area contributed by atoms with Gasteiger partial charge < -0.3 is 10.2 Å². The molecule has 2 heterocycles. The average Bonchev–Trinajstić information content (AvgIpc) is 3.11. The lowest BCUT2D eigenvalue weighted by atomic mass is 10.2. The number of amides is 2. The zero-order valence-electron chi connectivity index (χ0n) is 15.1. The molecule has 26 heavy (non-hydrogen) atoms. The van der Waals surface area contributed by atoms with E-state index in [1.807, 2.05) is 29.2 Å². The van der Waals surface area contributed by atoms with Crippen LogP contribution in [0.4, 0.5) is 10.5 Å². The van der Waals surface area contributed by atoms with Crippen LogP contribution in [0.2, 0.25) is 5.02 Å². The SMILES string of the molecule is CCN1CCCC1CN(Cc1ccncc1)C(=O)Nc1ccc(Cl)cc1. The van der Waals surface area contributed by atoms with Crippen LogP contribution in [-0.4, -0.2) is 46.5 Å². The first-order chi connectivity index (χ1) is 12.7. The molecule has 5 nitrogen and oxygen atoms in total. The highest BCUT2D eigenvalue weighted by Gasteiger charge is 2.27. The Kier molecular flexibility index (Phi) is 6.47. The van der Waals surface area contributed by atoms with Crippen LogP contribution in [0.3, 0.4) is 0 Å². The van der Waals surface area contributed by atoms with Crippen LogP contribution < -0.4 is 5.32 Å². The molecule has 1 atom stereocenters. The van der Waals surface area contributed by atoms with Crippen molar-refractivity contribution < 1.29 is 4.79 Å². The number of hydrogen-bond donors (Lipinski definition) is 1. The van der Waals surface area contributed by atoms with Gasteiger partial charge in [-0.25, -0.2) is 4.79 Å². The van der Waals surface area contributed by atoms with Gasteiger partial charge in [-0.2, -0.15) is 0 Å². The topological polar surface area (TPSA) is 48.5 Å². The van der Waals surface area contributed by atoms with E-state index in [4.69, 9.17) is 11.6 Å². The molecule has 1 N–H and O–H groups in total. The van der Waals surface area contributed by atoms with Crippen LogP contribution in [0.15, 0.2) is 48.8 Å². The average molecular weight is 373 g/mol. The summed E-state index contributed by atoms with van der Waals surface area (Å²) in [7, 11) is 0. The smallest absolute Gasteiger partial charge is 0.319 e. The van der Waals surface area contributed by atoms with E-state index in [2.05, 4.69) is 22.1 Å². The first-order valence-corrected chi connectivity index (χ1v) is 9.48. The van der Waals surface area contributed by atoms with Gasteiger partial charge in [0.25, 0.3) is 0 Å². The lowest BCUT2D eigenvalue weighted by Gasteiger charge is -2.30. The highest BCUT2D eigenvalue weighted by Crippen LogP contribution is 2.20. The van der Waals surface area contributed by atoms with Crippen LogP contribution >= 0.6 is 11.6 Å². The third-order valence-electron chi connectivity index (χ3n) is 4.84. The Labute approximate surface area is 160 Å². The van der Waals surface area contributed by atoms with Crippen molar-refractivity contribution in [2.45, 2.75) is 32.4 Å². The third kappa shape index (κ3) is 4.96. The molecule has 2 aromatic rings. The number of aromatic nitrogens is 1. The number of carbonyl (C=O) groups excluding carboxylic acids is 1. The minimum Gasteiger partial charge on any atom is -0.319 e. The van der Waals surface area contributed by atoms with Crippen LogP contribution in [0.25, 0.3) is 0 Å². The van der Waals surface area contributed by atoms with Crippen molar-refractivity contribution in [3.8, 4) is 0 Å². The predicted molar refractivity (Wildman–Crippen MR) is 105 cm³/mol. The number of likely N-dealkylation sites (tertiary alicyclic amines) is 1. The maximum Gasteiger partial charge on any atom is 0.322 e. The summed E-state index contributed by atoms with van der Waals surface area (Å²) >= 11 is 5.93. The molecule has 2 amide bonds. The molecule has 1 unspecified atom stereocenters. The quantitative estimate of drug-likeness (QED) is 0.824. The molecule has 1 fully saturated rings. The number of urea groups is 1. The molecule has 0 saturated carbocycles. The predicted octanol–water partition coefficient (Wildman–Crippen LogP) is 4.25. The number of likely N-dealkylation sites (N-methyl/N-ethyl adjacent to an activating group) is 1. The summed E-state index contributed by atoms with van der Waals surface area (Å²) in [4.78, 5) is 21.3. The van der Waals surface area contributed by atoms with Gasteiger partial charge in [0.05, 0.1) is 0 Å². The number of rotatable bonds is 6. The largest absolute Gasteiger partial charge is 0.322 e. The third-order valence-corrected chi connectivity index (χ3v) is 5.09. The molecule has 1 aromatic carbocycles. The molecular weight excluding hydrogens is 348 g/mol. The van der Waals surface area contributed by atoms with Crippen LogP contribution in [0.5, 0.6) is 0 Å². The fourth-order valence-corrected chi connectivity index (χ4v) is 3.56. The fourth-order valence-electron chi connectivity index (χ4n) is 3.44. The molecule has 1 saturated heterocycles. The molecule has 0 bridgehead atoms. The number of pyridine rings is 1. The Bertz CT molecular complexity index is 708. The van der Waals surface area contributed by atoms with Gasteiger partial charge in [-0.3, -0.25) is 9.88 Å². The van der Waals surface area contributed by atoms with Crippen molar-refractivity contribution in [3.63, 3.8) is 0 Å². The van der Waals surface area contributed by atoms with Crippen molar-refractivity contribution in [2.24, 2.45) is 0 Å². The second-order valence-corrected chi connectivity index (χ2v) is 7.03. The van der Waals surface area contributed by atoms with Gasteiger partial charge in [0.15, 0.2) is 0 Å². The van der Waals surface area contributed by atoms with Crippen LogP contribution in [0.1, 0.15) is 25.3 Å². The summed E-state index contributed by atoms with van der Waals surface area (Å²) in [5.74, 6) is 0. The molecule has 6 heteroatoms. The van der Waals surface area contributed by atoms with Gasteiger partial charge >= 0.3 is 6.03 Å². The normalized spacial score (nSPS) is 17.2. The lowest BCUT2D eigenvalue weighted by Crippen LogP contribution is -2.44. The Balaban J connectivity index is 1.72. The molecule has 3 rings (SSSR count). The molecule has 0 spiro atoms. The molecule has 0 aliphatic carbocycles. The zero-order valence-corrected chi connectivity index (χ0v) is 15.8. The summed E-state index contributed by atoms with van der Waals surface area (Å²) in [5.41, 5.74) is 1.82. The van der Waals surface area contributed by atoms with Crippen molar-refractivity contribution in [2.75, 3.05) is 25.0 Å². The number of benzene rings is 1. The Morgan fingerprint density at radius 1 is 1.27 bits per heavy atom. The molecule has 0 radical (unpaired) electrons. The van der Waals surface area contributed by atoms with Crippen molar-refractivity contribution in [3.05, 3.63) is 59.4 Å². The Hall–Kier alpha value is -2.11. The maximum atomic E-state index is 12.9. The van der Waals surface area contributed by atoms with E-state index in [0.29, 0.717) is 17.6 Å². The number of nitrogens with zero attached hydrogens (tertiary/aromatic N) is 3.